The quantitative estimate of drug-likeness (QED) is 0.242. The lowest BCUT2D eigenvalue weighted by Crippen LogP contribution is -2.50. The van der Waals surface area contributed by atoms with Crippen molar-refractivity contribution < 1.29 is 4.79 Å². The Morgan fingerprint density at radius 1 is 1.13 bits per heavy atom. The molecule has 4 nitrogen and oxygen atoms in total. The first-order chi connectivity index (χ1) is 14.7. The van der Waals surface area contributed by atoms with E-state index in [4.69, 9.17) is 0 Å². The van der Waals surface area contributed by atoms with Crippen LogP contribution in [0.4, 0.5) is 0 Å². The maximum Gasteiger partial charge on any atom is 0.156 e. The molecule has 0 aliphatic heterocycles. The molecule has 0 bridgehead atoms. The lowest BCUT2D eigenvalue weighted by atomic mass is 9.47. The molecule has 0 amide bonds. The first kappa shape index (κ1) is 22.6. The molecule has 4 rings (SSSR count). The third kappa shape index (κ3) is 3.80. The highest BCUT2D eigenvalue weighted by Gasteiger charge is 2.59. The average Bonchev–Trinajstić information content (AvgIpc) is 3.06. The normalized spacial score (nSPS) is 40.3. The number of allylic oxidation sites excluding steroid dienone is 3. The summed E-state index contributed by atoms with van der Waals surface area (Å²) in [5.41, 5.74) is 11.4. The molecule has 4 aliphatic rings. The third-order valence-electron chi connectivity index (χ3n) is 9.94. The minimum atomic E-state index is -0.0286. The van der Waals surface area contributed by atoms with E-state index < -0.39 is 0 Å². The van der Waals surface area contributed by atoms with Gasteiger partial charge in [-0.25, -0.2) is 0 Å². The molecule has 0 aromatic heterocycles. The van der Waals surface area contributed by atoms with Crippen molar-refractivity contribution in [3.05, 3.63) is 33.9 Å². The van der Waals surface area contributed by atoms with Crippen molar-refractivity contribution in [3.63, 3.8) is 0 Å². The van der Waals surface area contributed by atoms with E-state index in [1.54, 1.807) is 6.08 Å². The summed E-state index contributed by atoms with van der Waals surface area (Å²) in [7, 11) is 0. The van der Waals surface area contributed by atoms with Gasteiger partial charge in [-0.15, -0.1) is 0 Å². The fourth-order valence-corrected chi connectivity index (χ4v) is 8.27. The summed E-state index contributed by atoms with van der Waals surface area (Å²) in [6.07, 6.45) is 14.8. The fraction of sp³-hybridized carbons (Fsp3) is 0.815. The number of carbonyl (C=O) groups excluding carboxylic acids is 1. The molecular formula is C27H41N3O. The molecule has 0 unspecified atom stereocenters. The Labute approximate surface area is 188 Å². The average molecular weight is 424 g/mol. The highest BCUT2D eigenvalue weighted by atomic mass is 16.1. The Kier molecular flexibility index (Phi) is 6.16. The lowest BCUT2D eigenvalue weighted by molar-refractivity contribution is -0.116. The summed E-state index contributed by atoms with van der Waals surface area (Å²) in [6, 6.07) is 0. The lowest BCUT2D eigenvalue weighted by Gasteiger charge is -2.57. The van der Waals surface area contributed by atoms with E-state index >= 15 is 0 Å². The van der Waals surface area contributed by atoms with Crippen molar-refractivity contribution in [1.29, 1.82) is 0 Å². The first-order valence-electron chi connectivity index (χ1n) is 12.7. The summed E-state index contributed by atoms with van der Waals surface area (Å²) in [5, 5.41) is 4.11. The molecular weight excluding hydrogens is 382 g/mol. The first-order valence-corrected chi connectivity index (χ1v) is 12.7. The van der Waals surface area contributed by atoms with Crippen LogP contribution in [0.5, 0.6) is 0 Å². The number of ketones is 1. The predicted molar refractivity (Wildman–Crippen MR) is 126 cm³/mol. The smallest absolute Gasteiger partial charge is 0.156 e. The van der Waals surface area contributed by atoms with E-state index in [2.05, 4.69) is 50.7 Å². The van der Waals surface area contributed by atoms with Gasteiger partial charge in [0.25, 0.3) is 0 Å². The van der Waals surface area contributed by atoms with Gasteiger partial charge in [0, 0.05) is 17.0 Å². The molecule has 2 fully saturated rings. The van der Waals surface area contributed by atoms with Crippen LogP contribution in [0, 0.1) is 46.3 Å². The molecule has 0 aromatic rings. The van der Waals surface area contributed by atoms with E-state index in [9.17, 15) is 10.3 Å². The molecule has 0 aromatic carbocycles. The topological polar surface area (TPSA) is 65.8 Å². The molecule has 0 N–H and O–H groups in total. The number of hydrogen-bond acceptors (Lipinski definition) is 2. The molecule has 0 saturated heterocycles. The molecule has 4 aliphatic carbocycles. The number of carbonyl (C=O) groups is 1. The van der Waals surface area contributed by atoms with Crippen LogP contribution < -0.4 is 0 Å². The Balaban J connectivity index is 1.63. The Bertz CT molecular complexity index is 835. The van der Waals surface area contributed by atoms with E-state index in [1.807, 2.05) is 0 Å². The Morgan fingerprint density at radius 2 is 1.90 bits per heavy atom. The number of azide groups is 1. The summed E-state index contributed by atoms with van der Waals surface area (Å²) < 4.78 is 0. The maximum absolute atomic E-state index is 12.2. The maximum atomic E-state index is 12.2. The standard InChI is InChI=1S/C27H41N3O/c1-17(2)7-6-8-18(3)21-9-10-22-20-16-25(29-30-28)24-15-19(31)11-13-27(24,5)23(20)12-14-26(21,22)4/h15-18,20-23H,6-14H2,1-5H3/t18-,20+,21-,22+,23+,26-,27-/m1/s1. The van der Waals surface area contributed by atoms with Gasteiger partial charge in [-0.3, -0.25) is 4.79 Å². The summed E-state index contributed by atoms with van der Waals surface area (Å²) in [5.74, 6) is 4.28. The predicted octanol–water partition coefficient (Wildman–Crippen LogP) is 8.01. The van der Waals surface area contributed by atoms with Crippen LogP contribution in [0.25, 0.3) is 10.4 Å². The van der Waals surface area contributed by atoms with Crippen molar-refractivity contribution in [2.24, 2.45) is 51.5 Å². The molecule has 4 heteroatoms. The van der Waals surface area contributed by atoms with E-state index in [0.29, 0.717) is 29.6 Å². The van der Waals surface area contributed by atoms with Crippen LogP contribution in [-0.4, -0.2) is 5.78 Å². The summed E-state index contributed by atoms with van der Waals surface area (Å²) >= 11 is 0. The molecule has 31 heavy (non-hydrogen) atoms. The second-order valence-corrected chi connectivity index (χ2v) is 12.0. The molecule has 7 atom stereocenters. The van der Waals surface area contributed by atoms with Crippen molar-refractivity contribution in [1.82, 2.24) is 0 Å². The third-order valence-corrected chi connectivity index (χ3v) is 9.94. The van der Waals surface area contributed by atoms with Crippen molar-refractivity contribution >= 4 is 5.78 Å². The van der Waals surface area contributed by atoms with Crippen molar-refractivity contribution in [2.75, 3.05) is 0 Å². The fourth-order valence-electron chi connectivity index (χ4n) is 8.27. The van der Waals surface area contributed by atoms with Crippen LogP contribution in [0.1, 0.15) is 92.4 Å². The van der Waals surface area contributed by atoms with Crippen LogP contribution in [0.2, 0.25) is 0 Å². The van der Waals surface area contributed by atoms with Gasteiger partial charge in [0.1, 0.15) is 0 Å². The number of hydrogen-bond donors (Lipinski definition) is 0. The van der Waals surface area contributed by atoms with Crippen molar-refractivity contribution in [3.8, 4) is 0 Å². The van der Waals surface area contributed by atoms with Gasteiger partial charge in [-0.2, -0.15) is 0 Å². The minimum Gasteiger partial charge on any atom is -0.295 e. The SMILES string of the molecule is CC(C)CCC[C@@H](C)[C@H]1CC[C@H]2[C@@H]3C=C(N=[N+]=[N-])C4=CC(=O)CC[C@]4(C)[C@H]3CC[C@]12C. The van der Waals surface area contributed by atoms with Gasteiger partial charge < -0.3 is 0 Å². The highest BCUT2D eigenvalue weighted by molar-refractivity contribution is 5.92. The Hall–Kier alpha value is -1.54. The van der Waals surface area contributed by atoms with Gasteiger partial charge >= 0.3 is 0 Å². The molecule has 170 valence electrons. The zero-order chi connectivity index (χ0) is 22.4. The van der Waals surface area contributed by atoms with Gasteiger partial charge in [0.15, 0.2) is 5.78 Å². The van der Waals surface area contributed by atoms with Crippen LogP contribution in [-0.2, 0) is 4.79 Å². The second kappa shape index (κ2) is 8.43. The van der Waals surface area contributed by atoms with E-state index in [1.165, 1.54) is 44.9 Å². The largest absolute Gasteiger partial charge is 0.295 e. The van der Waals surface area contributed by atoms with Gasteiger partial charge in [-0.1, -0.05) is 65.1 Å². The molecule has 2 saturated carbocycles. The zero-order valence-electron chi connectivity index (χ0n) is 20.2. The van der Waals surface area contributed by atoms with Crippen LogP contribution in [0.15, 0.2) is 28.5 Å². The van der Waals surface area contributed by atoms with Gasteiger partial charge in [0.2, 0.25) is 0 Å². The van der Waals surface area contributed by atoms with Crippen LogP contribution >= 0.6 is 0 Å². The molecule has 0 heterocycles. The summed E-state index contributed by atoms with van der Waals surface area (Å²) in [4.78, 5) is 15.4. The second-order valence-electron chi connectivity index (χ2n) is 12.0. The van der Waals surface area contributed by atoms with Crippen LogP contribution in [0.3, 0.4) is 0 Å². The molecule has 0 radical (unpaired) electrons. The van der Waals surface area contributed by atoms with E-state index in [-0.39, 0.29) is 11.2 Å². The molecule has 0 spiro atoms. The minimum absolute atomic E-state index is 0.0286. The highest BCUT2D eigenvalue weighted by Crippen LogP contribution is 2.67. The van der Waals surface area contributed by atoms with Gasteiger partial charge in [0.05, 0.1) is 0 Å². The summed E-state index contributed by atoms with van der Waals surface area (Å²) in [6.45, 7) is 12.1. The Morgan fingerprint density at radius 3 is 2.61 bits per heavy atom. The monoisotopic (exact) mass is 423 g/mol. The zero-order valence-corrected chi connectivity index (χ0v) is 20.2. The van der Waals surface area contributed by atoms with Gasteiger partial charge in [-0.05, 0) is 95.6 Å². The number of fused-ring (bicyclic) bond motifs is 5. The van der Waals surface area contributed by atoms with E-state index in [0.717, 1.165) is 35.4 Å². The number of rotatable bonds is 6. The number of nitrogens with zero attached hydrogens (tertiary/aromatic N) is 3. The van der Waals surface area contributed by atoms with Crippen molar-refractivity contribution in [2.45, 2.75) is 92.4 Å².